The van der Waals surface area contributed by atoms with Crippen LogP contribution in [0.4, 0.5) is 25.0 Å². The molecular formula is C24H26F2N6O2. The van der Waals surface area contributed by atoms with Crippen LogP contribution in [0.5, 0.6) is 5.75 Å². The molecule has 0 unspecified atom stereocenters. The number of pyridine rings is 1. The van der Waals surface area contributed by atoms with Gasteiger partial charge in [-0.15, -0.1) is 0 Å². The lowest BCUT2D eigenvalue weighted by atomic mass is 10.0. The second-order valence-corrected chi connectivity index (χ2v) is 9.08. The number of aromatic nitrogens is 3. The molecule has 1 aliphatic rings. The first kappa shape index (κ1) is 23.3. The topological polar surface area (TPSA) is 106 Å². The SMILES string of the molecule is CC(C)N1CC(C)(C)Oc2c(F)cc(-c3nc(Cc4ccc(NC(N)=O)cn4)ncc3F)cc21. The lowest BCUT2D eigenvalue weighted by molar-refractivity contribution is 0.0967. The maximum Gasteiger partial charge on any atom is 0.316 e. The Bertz CT molecular complexity index is 1230. The lowest BCUT2D eigenvalue weighted by Gasteiger charge is -2.43. The first-order valence-electron chi connectivity index (χ1n) is 10.8. The number of nitrogens with one attached hydrogen (secondary N) is 1. The van der Waals surface area contributed by atoms with Crippen LogP contribution in [0.2, 0.25) is 0 Å². The number of carbonyl (C=O) groups is 1. The molecule has 4 rings (SSSR count). The number of urea groups is 1. The Morgan fingerprint density at radius 1 is 1.21 bits per heavy atom. The minimum absolute atomic E-state index is 0.00717. The fourth-order valence-electron chi connectivity index (χ4n) is 3.89. The van der Waals surface area contributed by atoms with E-state index in [2.05, 4.69) is 20.3 Å². The highest BCUT2D eigenvalue weighted by atomic mass is 19.1. The Balaban J connectivity index is 1.68. The number of carbonyl (C=O) groups excluding carboxylic acids is 1. The van der Waals surface area contributed by atoms with E-state index < -0.39 is 23.3 Å². The standard InChI is InChI=1S/C24H26F2N6O2/c1-13(2)32-12-24(3,4)34-22-17(25)7-14(8-19(22)32)21-18(26)11-29-20(31-21)9-15-5-6-16(10-28-15)30-23(27)33/h5-8,10-11,13H,9,12H2,1-4H3,(H3,27,30,33). The van der Waals surface area contributed by atoms with Crippen molar-refractivity contribution in [2.45, 2.75) is 45.8 Å². The van der Waals surface area contributed by atoms with Gasteiger partial charge in [-0.2, -0.15) is 0 Å². The number of benzene rings is 1. The van der Waals surface area contributed by atoms with Crippen LogP contribution in [0.15, 0.2) is 36.7 Å². The van der Waals surface area contributed by atoms with Crippen molar-refractivity contribution in [2.75, 3.05) is 16.8 Å². The van der Waals surface area contributed by atoms with Crippen molar-refractivity contribution < 1.29 is 18.3 Å². The van der Waals surface area contributed by atoms with Gasteiger partial charge in [0.1, 0.15) is 17.1 Å². The maximum atomic E-state index is 15.1. The predicted molar refractivity (Wildman–Crippen MR) is 125 cm³/mol. The molecule has 0 saturated carbocycles. The maximum absolute atomic E-state index is 15.1. The van der Waals surface area contributed by atoms with E-state index in [9.17, 15) is 9.18 Å². The molecule has 1 aromatic carbocycles. The zero-order valence-electron chi connectivity index (χ0n) is 19.4. The van der Waals surface area contributed by atoms with Crippen LogP contribution in [0.1, 0.15) is 39.2 Å². The molecule has 8 nitrogen and oxygen atoms in total. The highest BCUT2D eigenvalue weighted by molar-refractivity contribution is 5.87. The fourth-order valence-corrected chi connectivity index (χ4v) is 3.89. The van der Waals surface area contributed by atoms with Gasteiger partial charge in [-0.25, -0.2) is 23.5 Å². The van der Waals surface area contributed by atoms with Gasteiger partial charge in [-0.3, -0.25) is 4.98 Å². The minimum Gasteiger partial charge on any atom is -0.481 e. The molecule has 0 fully saturated rings. The number of amides is 2. The van der Waals surface area contributed by atoms with Crippen molar-refractivity contribution in [3.8, 4) is 17.0 Å². The summed E-state index contributed by atoms with van der Waals surface area (Å²) in [5.41, 5.74) is 6.42. The molecule has 2 amide bonds. The Kier molecular flexibility index (Phi) is 6.07. The van der Waals surface area contributed by atoms with Gasteiger partial charge in [0.25, 0.3) is 0 Å². The number of ether oxygens (including phenoxy) is 1. The molecule has 178 valence electrons. The molecule has 0 spiro atoms. The van der Waals surface area contributed by atoms with Gasteiger partial charge in [0.2, 0.25) is 0 Å². The van der Waals surface area contributed by atoms with Crippen molar-refractivity contribution in [3.05, 3.63) is 59.8 Å². The highest BCUT2D eigenvalue weighted by Crippen LogP contribution is 2.42. The number of halogens is 2. The monoisotopic (exact) mass is 468 g/mol. The van der Waals surface area contributed by atoms with E-state index in [4.69, 9.17) is 10.5 Å². The highest BCUT2D eigenvalue weighted by Gasteiger charge is 2.35. The summed E-state index contributed by atoms with van der Waals surface area (Å²) in [7, 11) is 0. The lowest BCUT2D eigenvalue weighted by Crippen LogP contribution is -2.49. The van der Waals surface area contributed by atoms with Gasteiger partial charge in [-0.1, -0.05) is 0 Å². The third-order valence-corrected chi connectivity index (χ3v) is 5.39. The quantitative estimate of drug-likeness (QED) is 0.579. The van der Waals surface area contributed by atoms with E-state index in [0.717, 1.165) is 6.20 Å². The van der Waals surface area contributed by atoms with Crippen LogP contribution < -0.4 is 20.7 Å². The van der Waals surface area contributed by atoms with Crippen LogP contribution in [-0.4, -0.2) is 39.2 Å². The summed E-state index contributed by atoms with van der Waals surface area (Å²) in [4.78, 5) is 25.6. The second-order valence-electron chi connectivity index (χ2n) is 9.08. The molecule has 0 saturated heterocycles. The van der Waals surface area contributed by atoms with Gasteiger partial charge < -0.3 is 20.7 Å². The number of primary amides is 1. The number of rotatable bonds is 5. The third-order valence-electron chi connectivity index (χ3n) is 5.39. The summed E-state index contributed by atoms with van der Waals surface area (Å²) < 4.78 is 35.8. The number of nitrogens with zero attached hydrogens (tertiary/aromatic N) is 4. The zero-order valence-corrected chi connectivity index (χ0v) is 19.4. The van der Waals surface area contributed by atoms with Gasteiger partial charge >= 0.3 is 6.03 Å². The number of anilines is 2. The van der Waals surface area contributed by atoms with E-state index in [1.165, 1.54) is 12.3 Å². The molecule has 0 radical (unpaired) electrons. The van der Waals surface area contributed by atoms with Crippen LogP contribution in [0, 0.1) is 11.6 Å². The second kappa shape index (κ2) is 8.85. The molecule has 0 atom stereocenters. The van der Waals surface area contributed by atoms with Gasteiger partial charge in [0, 0.05) is 17.3 Å². The minimum atomic E-state index is -0.691. The Morgan fingerprint density at radius 3 is 2.62 bits per heavy atom. The molecule has 34 heavy (non-hydrogen) atoms. The molecule has 3 N–H and O–H groups in total. The largest absolute Gasteiger partial charge is 0.481 e. The summed E-state index contributed by atoms with van der Waals surface area (Å²) in [5.74, 6) is -0.775. The first-order valence-corrected chi connectivity index (χ1v) is 10.8. The van der Waals surface area contributed by atoms with E-state index >= 15 is 4.39 Å². The predicted octanol–water partition coefficient (Wildman–Crippen LogP) is 4.28. The molecule has 0 aliphatic carbocycles. The molecule has 0 bridgehead atoms. The Labute approximate surface area is 196 Å². The number of nitrogens with two attached hydrogens (primary N) is 1. The molecule has 3 aromatic rings. The smallest absolute Gasteiger partial charge is 0.316 e. The molecule has 2 aromatic heterocycles. The van der Waals surface area contributed by atoms with Crippen LogP contribution in [0.3, 0.4) is 0 Å². The third kappa shape index (κ3) is 4.90. The van der Waals surface area contributed by atoms with Crippen molar-refractivity contribution in [1.29, 1.82) is 0 Å². The fraction of sp³-hybridized carbons (Fsp3) is 0.333. The van der Waals surface area contributed by atoms with E-state index in [1.54, 1.807) is 18.2 Å². The average Bonchev–Trinajstić information content (AvgIpc) is 2.75. The van der Waals surface area contributed by atoms with Crippen LogP contribution >= 0.6 is 0 Å². The normalized spacial score (nSPS) is 14.5. The van der Waals surface area contributed by atoms with Crippen molar-refractivity contribution in [3.63, 3.8) is 0 Å². The molecule has 1 aliphatic heterocycles. The van der Waals surface area contributed by atoms with E-state index in [0.29, 0.717) is 35.0 Å². The summed E-state index contributed by atoms with van der Waals surface area (Å²) in [6.45, 7) is 8.39. The first-order chi connectivity index (χ1) is 16.0. The number of hydrogen-bond donors (Lipinski definition) is 2. The average molecular weight is 469 g/mol. The molecule has 10 heteroatoms. The van der Waals surface area contributed by atoms with E-state index in [-0.39, 0.29) is 23.9 Å². The van der Waals surface area contributed by atoms with Crippen molar-refractivity contribution >= 4 is 17.4 Å². The van der Waals surface area contributed by atoms with Gasteiger partial charge in [-0.05, 0) is 52.0 Å². The van der Waals surface area contributed by atoms with Gasteiger partial charge in [0.15, 0.2) is 17.4 Å². The Hall–Kier alpha value is -3.82. The van der Waals surface area contributed by atoms with Gasteiger partial charge in [0.05, 0.1) is 36.7 Å². The summed E-state index contributed by atoms with van der Waals surface area (Å²) >= 11 is 0. The van der Waals surface area contributed by atoms with Crippen LogP contribution in [-0.2, 0) is 6.42 Å². The van der Waals surface area contributed by atoms with Crippen LogP contribution in [0.25, 0.3) is 11.3 Å². The zero-order chi connectivity index (χ0) is 24.6. The summed E-state index contributed by atoms with van der Waals surface area (Å²) in [5, 5.41) is 2.43. The van der Waals surface area contributed by atoms with Crippen molar-refractivity contribution in [2.24, 2.45) is 5.73 Å². The van der Waals surface area contributed by atoms with E-state index in [1.807, 2.05) is 32.6 Å². The summed E-state index contributed by atoms with van der Waals surface area (Å²) in [6, 6.07) is 5.64. The van der Waals surface area contributed by atoms with Crippen molar-refractivity contribution in [1.82, 2.24) is 15.0 Å². The Morgan fingerprint density at radius 2 is 1.97 bits per heavy atom. The number of hydrogen-bond acceptors (Lipinski definition) is 6. The molecular weight excluding hydrogens is 442 g/mol. The number of fused-ring (bicyclic) bond motifs is 1. The molecule has 3 heterocycles. The summed E-state index contributed by atoms with van der Waals surface area (Å²) in [6.07, 6.45) is 2.73.